The maximum absolute atomic E-state index is 12.4. The van der Waals surface area contributed by atoms with Crippen LogP contribution in [0.15, 0.2) is 29.3 Å². The standard InChI is InChI=1S/C11H14F3N3.HI/c1-15-10(16-2)17-7-8-4-3-5-9(6-8)11(12,13)14;/h3-6H,7H2,1-2H3,(H2,15,16,17);1H. The van der Waals surface area contributed by atoms with E-state index in [1.54, 1.807) is 20.2 Å². The maximum atomic E-state index is 12.4. The van der Waals surface area contributed by atoms with E-state index in [0.717, 1.165) is 12.1 Å². The summed E-state index contributed by atoms with van der Waals surface area (Å²) in [6.07, 6.45) is -4.30. The zero-order valence-electron chi connectivity index (χ0n) is 10.0. The topological polar surface area (TPSA) is 36.4 Å². The van der Waals surface area contributed by atoms with Crippen LogP contribution in [0.3, 0.4) is 0 Å². The van der Waals surface area contributed by atoms with Gasteiger partial charge in [0.25, 0.3) is 0 Å². The fourth-order valence-corrected chi connectivity index (χ4v) is 1.32. The average Bonchev–Trinajstić information content (AvgIpc) is 2.30. The van der Waals surface area contributed by atoms with Gasteiger partial charge in [0, 0.05) is 20.6 Å². The molecule has 1 rings (SSSR count). The molecule has 7 heteroatoms. The van der Waals surface area contributed by atoms with Crippen molar-refractivity contribution in [1.29, 1.82) is 0 Å². The van der Waals surface area contributed by atoms with Crippen molar-refractivity contribution in [2.75, 3.05) is 14.1 Å². The van der Waals surface area contributed by atoms with Gasteiger partial charge in [0.05, 0.1) is 5.56 Å². The molecule has 0 unspecified atom stereocenters. The van der Waals surface area contributed by atoms with E-state index < -0.39 is 11.7 Å². The van der Waals surface area contributed by atoms with Gasteiger partial charge in [0.15, 0.2) is 5.96 Å². The lowest BCUT2D eigenvalue weighted by atomic mass is 10.1. The first-order chi connectivity index (χ1) is 7.97. The first kappa shape index (κ1) is 17.0. The van der Waals surface area contributed by atoms with Gasteiger partial charge in [-0.15, -0.1) is 24.0 Å². The number of nitrogens with one attached hydrogen (secondary N) is 2. The molecule has 0 aliphatic carbocycles. The Balaban J connectivity index is 0.00000289. The van der Waals surface area contributed by atoms with Crippen LogP contribution in [0.2, 0.25) is 0 Å². The molecule has 1 aromatic carbocycles. The van der Waals surface area contributed by atoms with Gasteiger partial charge in [-0.05, 0) is 17.7 Å². The first-order valence-electron chi connectivity index (χ1n) is 5.02. The molecule has 0 amide bonds. The summed E-state index contributed by atoms with van der Waals surface area (Å²) < 4.78 is 37.3. The summed E-state index contributed by atoms with van der Waals surface area (Å²) in [6, 6.07) is 5.19. The molecule has 0 atom stereocenters. The van der Waals surface area contributed by atoms with Crippen LogP contribution in [0.1, 0.15) is 11.1 Å². The van der Waals surface area contributed by atoms with Crippen LogP contribution in [0.4, 0.5) is 13.2 Å². The molecule has 2 N–H and O–H groups in total. The number of halogens is 4. The summed E-state index contributed by atoms with van der Waals surface area (Å²) in [7, 11) is 3.27. The van der Waals surface area contributed by atoms with E-state index >= 15 is 0 Å². The zero-order valence-corrected chi connectivity index (χ0v) is 12.3. The third kappa shape index (κ3) is 5.11. The molecule has 0 aliphatic rings. The highest BCUT2D eigenvalue weighted by molar-refractivity contribution is 14.0. The molecular weight excluding hydrogens is 358 g/mol. The lowest BCUT2D eigenvalue weighted by molar-refractivity contribution is -0.137. The Bertz CT molecular complexity index is 405. The van der Waals surface area contributed by atoms with E-state index in [1.165, 1.54) is 6.07 Å². The fraction of sp³-hybridized carbons (Fsp3) is 0.364. The molecule has 0 spiro atoms. The molecule has 0 radical (unpaired) electrons. The van der Waals surface area contributed by atoms with Crippen LogP contribution in [0.5, 0.6) is 0 Å². The highest BCUT2D eigenvalue weighted by Gasteiger charge is 2.30. The number of alkyl halides is 3. The molecule has 3 nitrogen and oxygen atoms in total. The molecule has 18 heavy (non-hydrogen) atoms. The van der Waals surface area contributed by atoms with Crippen LogP contribution < -0.4 is 10.6 Å². The molecular formula is C11H15F3IN3. The Morgan fingerprint density at radius 3 is 2.50 bits per heavy atom. The number of rotatable bonds is 2. The normalized spacial score (nSPS) is 11.7. The minimum Gasteiger partial charge on any atom is -0.359 e. The van der Waals surface area contributed by atoms with E-state index in [9.17, 15) is 13.2 Å². The Labute approximate surface area is 121 Å². The summed E-state index contributed by atoms with van der Waals surface area (Å²) in [5.74, 6) is 0.530. The average molecular weight is 373 g/mol. The fourth-order valence-electron chi connectivity index (χ4n) is 1.32. The molecule has 0 fully saturated rings. The lowest BCUT2D eigenvalue weighted by Crippen LogP contribution is -2.34. The SMILES string of the molecule is CN=C(NC)NCc1cccc(C(F)(F)F)c1.I. The molecule has 1 aromatic rings. The predicted octanol–water partition coefficient (Wildman–Crippen LogP) is 2.62. The summed E-state index contributed by atoms with van der Waals surface area (Å²) in [5, 5.41) is 5.67. The zero-order chi connectivity index (χ0) is 12.9. The smallest absolute Gasteiger partial charge is 0.359 e. The summed E-state index contributed by atoms with van der Waals surface area (Å²) in [4.78, 5) is 3.86. The molecule has 0 saturated carbocycles. The molecule has 0 heterocycles. The Morgan fingerprint density at radius 1 is 1.33 bits per heavy atom. The second-order valence-electron chi connectivity index (χ2n) is 3.37. The number of nitrogens with zero attached hydrogens (tertiary/aromatic N) is 1. The van der Waals surface area contributed by atoms with Crippen LogP contribution in [0, 0.1) is 0 Å². The van der Waals surface area contributed by atoms with Crippen molar-refractivity contribution in [2.45, 2.75) is 12.7 Å². The van der Waals surface area contributed by atoms with E-state index in [0.29, 0.717) is 11.5 Å². The van der Waals surface area contributed by atoms with Crippen molar-refractivity contribution in [3.63, 3.8) is 0 Å². The van der Waals surface area contributed by atoms with Crippen LogP contribution >= 0.6 is 24.0 Å². The second-order valence-corrected chi connectivity index (χ2v) is 3.37. The van der Waals surface area contributed by atoms with Gasteiger partial charge in [0.2, 0.25) is 0 Å². The van der Waals surface area contributed by atoms with Gasteiger partial charge in [-0.2, -0.15) is 13.2 Å². The van der Waals surface area contributed by atoms with Gasteiger partial charge in [-0.1, -0.05) is 12.1 Å². The van der Waals surface area contributed by atoms with E-state index in [1.807, 2.05) is 0 Å². The van der Waals surface area contributed by atoms with Crippen molar-refractivity contribution >= 4 is 29.9 Å². The maximum Gasteiger partial charge on any atom is 0.416 e. The highest BCUT2D eigenvalue weighted by Crippen LogP contribution is 2.29. The second kappa shape index (κ2) is 7.45. The summed E-state index contributed by atoms with van der Waals surface area (Å²) >= 11 is 0. The van der Waals surface area contributed by atoms with E-state index in [-0.39, 0.29) is 30.5 Å². The third-order valence-corrected chi connectivity index (χ3v) is 2.17. The Kier molecular flexibility index (Phi) is 7.04. The molecule has 0 aliphatic heterocycles. The third-order valence-electron chi connectivity index (χ3n) is 2.17. The minimum absolute atomic E-state index is 0. The van der Waals surface area contributed by atoms with Crippen LogP contribution in [-0.2, 0) is 12.7 Å². The van der Waals surface area contributed by atoms with Crippen molar-refractivity contribution in [3.05, 3.63) is 35.4 Å². The van der Waals surface area contributed by atoms with Crippen molar-refractivity contribution in [2.24, 2.45) is 4.99 Å². The van der Waals surface area contributed by atoms with Crippen molar-refractivity contribution in [1.82, 2.24) is 10.6 Å². The summed E-state index contributed by atoms with van der Waals surface area (Å²) in [6.45, 7) is 0.289. The largest absolute Gasteiger partial charge is 0.416 e. The highest BCUT2D eigenvalue weighted by atomic mass is 127. The number of aliphatic imine (C=N–C) groups is 1. The number of hydrogen-bond acceptors (Lipinski definition) is 1. The lowest BCUT2D eigenvalue weighted by Gasteiger charge is -2.11. The van der Waals surface area contributed by atoms with E-state index in [4.69, 9.17) is 0 Å². The quantitative estimate of drug-likeness (QED) is 0.475. The number of guanidine groups is 1. The summed E-state index contributed by atoms with van der Waals surface area (Å²) in [5.41, 5.74) is -0.0903. The van der Waals surface area contributed by atoms with Gasteiger partial charge in [-0.3, -0.25) is 4.99 Å². The van der Waals surface area contributed by atoms with Crippen LogP contribution in [0.25, 0.3) is 0 Å². The van der Waals surface area contributed by atoms with Gasteiger partial charge in [0.1, 0.15) is 0 Å². The Hall–Kier alpha value is -0.990. The molecule has 0 bridgehead atoms. The van der Waals surface area contributed by atoms with Gasteiger partial charge >= 0.3 is 6.18 Å². The van der Waals surface area contributed by atoms with Crippen molar-refractivity contribution in [3.8, 4) is 0 Å². The predicted molar refractivity (Wildman–Crippen MR) is 76.1 cm³/mol. The Morgan fingerprint density at radius 2 is 2.00 bits per heavy atom. The molecule has 102 valence electrons. The van der Waals surface area contributed by atoms with E-state index in [2.05, 4.69) is 15.6 Å². The number of benzene rings is 1. The monoisotopic (exact) mass is 373 g/mol. The van der Waals surface area contributed by atoms with Gasteiger partial charge < -0.3 is 10.6 Å². The van der Waals surface area contributed by atoms with Crippen molar-refractivity contribution < 1.29 is 13.2 Å². The van der Waals surface area contributed by atoms with Crippen LogP contribution in [-0.4, -0.2) is 20.1 Å². The molecule has 0 saturated heterocycles. The van der Waals surface area contributed by atoms with Gasteiger partial charge in [-0.25, -0.2) is 0 Å². The first-order valence-corrected chi connectivity index (χ1v) is 5.02. The minimum atomic E-state index is -4.30. The molecule has 0 aromatic heterocycles. The number of hydrogen-bond donors (Lipinski definition) is 2.